The summed E-state index contributed by atoms with van der Waals surface area (Å²) in [6, 6.07) is 3.26. The Bertz CT molecular complexity index is 640. The highest BCUT2D eigenvalue weighted by atomic mass is 19.2. The van der Waals surface area contributed by atoms with Crippen LogP contribution in [0, 0.1) is 35.3 Å². The van der Waals surface area contributed by atoms with Gasteiger partial charge >= 0.3 is 0 Å². The van der Waals surface area contributed by atoms with Crippen LogP contribution in [-0.4, -0.2) is 6.61 Å². The molecule has 0 bridgehead atoms. The predicted octanol–water partition coefficient (Wildman–Crippen LogP) is 7.88. The van der Waals surface area contributed by atoms with Crippen LogP contribution in [0.3, 0.4) is 0 Å². The number of benzene rings is 1. The van der Waals surface area contributed by atoms with Gasteiger partial charge in [0.05, 0.1) is 6.61 Å². The van der Waals surface area contributed by atoms with Crippen LogP contribution in [0.1, 0.15) is 83.1 Å². The van der Waals surface area contributed by atoms with Gasteiger partial charge < -0.3 is 4.74 Å². The van der Waals surface area contributed by atoms with Crippen LogP contribution in [0.15, 0.2) is 24.8 Å². The molecule has 2 aliphatic carbocycles. The molecule has 0 amide bonds. The highest BCUT2D eigenvalue weighted by Gasteiger charge is 2.30. The maximum absolute atomic E-state index is 14.3. The minimum atomic E-state index is -0.836. The van der Waals surface area contributed by atoms with E-state index in [1.165, 1.54) is 64.2 Å². The van der Waals surface area contributed by atoms with Crippen molar-refractivity contribution in [1.29, 1.82) is 0 Å². The molecule has 2 fully saturated rings. The van der Waals surface area contributed by atoms with Gasteiger partial charge in [-0.15, -0.1) is 6.58 Å². The van der Waals surface area contributed by atoms with Crippen LogP contribution < -0.4 is 4.74 Å². The van der Waals surface area contributed by atoms with E-state index in [1.807, 2.05) is 0 Å². The zero-order valence-corrected chi connectivity index (χ0v) is 18.1. The van der Waals surface area contributed by atoms with E-state index in [0.717, 1.165) is 24.2 Å². The molecular formula is C26H38F2O. The first-order valence-electron chi connectivity index (χ1n) is 11.8. The average molecular weight is 405 g/mol. The highest BCUT2D eigenvalue weighted by molar-refractivity contribution is 5.31. The number of hydrogen-bond acceptors (Lipinski definition) is 1. The van der Waals surface area contributed by atoms with Gasteiger partial charge in [-0.05, 0) is 93.6 Å². The predicted molar refractivity (Wildman–Crippen MR) is 116 cm³/mol. The number of aryl methyl sites for hydroxylation is 1. The van der Waals surface area contributed by atoms with E-state index in [4.69, 9.17) is 4.74 Å². The topological polar surface area (TPSA) is 9.23 Å². The molecule has 0 atom stereocenters. The van der Waals surface area contributed by atoms with E-state index in [2.05, 4.69) is 12.7 Å². The molecule has 2 aliphatic rings. The zero-order chi connectivity index (χ0) is 20.6. The van der Waals surface area contributed by atoms with E-state index >= 15 is 0 Å². The molecule has 0 heterocycles. The molecule has 0 aromatic heterocycles. The summed E-state index contributed by atoms with van der Waals surface area (Å²) in [6.45, 7) is 5.97. The Morgan fingerprint density at radius 3 is 2.03 bits per heavy atom. The van der Waals surface area contributed by atoms with E-state index in [0.29, 0.717) is 24.5 Å². The average Bonchev–Trinajstić information content (AvgIpc) is 2.76. The molecule has 162 valence electrons. The summed E-state index contributed by atoms with van der Waals surface area (Å²) in [5.41, 5.74) is 0.492. The number of ether oxygens (including phenoxy) is 1. The molecular weight excluding hydrogens is 366 g/mol. The van der Waals surface area contributed by atoms with Gasteiger partial charge in [0.1, 0.15) is 0 Å². The molecule has 0 aliphatic heterocycles. The van der Waals surface area contributed by atoms with Crippen LogP contribution in [-0.2, 0) is 6.42 Å². The van der Waals surface area contributed by atoms with E-state index in [-0.39, 0.29) is 5.75 Å². The fourth-order valence-corrected chi connectivity index (χ4v) is 5.64. The third-order valence-electron chi connectivity index (χ3n) is 7.48. The SMILES string of the molecule is C=CCCC1CCC(C2CCC(CCc3ccc(OCC)c(F)c3F)CC2)CC1. The molecule has 0 spiro atoms. The first kappa shape index (κ1) is 22.3. The van der Waals surface area contributed by atoms with Gasteiger partial charge in [-0.2, -0.15) is 4.39 Å². The van der Waals surface area contributed by atoms with Crippen molar-refractivity contribution in [2.24, 2.45) is 23.7 Å². The van der Waals surface area contributed by atoms with E-state index in [1.54, 1.807) is 19.1 Å². The molecule has 2 saturated carbocycles. The lowest BCUT2D eigenvalue weighted by molar-refractivity contribution is 0.141. The van der Waals surface area contributed by atoms with Gasteiger partial charge in [0.15, 0.2) is 11.6 Å². The normalized spacial score (nSPS) is 27.6. The summed E-state index contributed by atoms with van der Waals surface area (Å²) < 4.78 is 33.5. The summed E-state index contributed by atoms with van der Waals surface area (Å²) in [5, 5.41) is 0. The summed E-state index contributed by atoms with van der Waals surface area (Å²) in [6.07, 6.45) is 16.9. The maximum atomic E-state index is 14.3. The van der Waals surface area contributed by atoms with Gasteiger partial charge in [0, 0.05) is 0 Å². The largest absolute Gasteiger partial charge is 0.491 e. The smallest absolute Gasteiger partial charge is 0.200 e. The molecule has 0 N–H and O–H groups in total. The fourth-order valence-electron chi connectivity index (χ4n) is 5.64. The first-order chi connectivity index (χ1) is 14.1. The lowest BCUT2D eigenvalue weighted by Crippen LogP contribution is -2.26. The van der Waals surface area contributed by atoms with Crippen LogP contribution >= 0.6 is 0 Å². The Morgan fingerprint density at radius 1 is 0.897 bits per heavy atom. The Balaban J connectivity index is 1.40. The molecule has 3 heteroatoms. The molecule has 0 radical (unpaired) electrons. The van der Waals surface area contributed by atoms with Crippen molar-refractivity contribution in [3.8, 4) is 5.75 Å². The minimum absolute atomic E-state index is 0.0217. The lowest BCUT2D eigenvalue weighted by atomic mass is 9.68. The summed E-state index contributed by atoms with van der Waals surface area (Å²) >= 11 is 0. The van der Waals surface area contributed by atoms with E-state index in [9.17, 15) is 8.78 Å². The van der Waals surface area contributed by atoms with Crippen LogP contribution in [0.2, 0.25) is 0 Å². The van der Waals surface area contributed by atoms with Crippen molar-refractivity contribution in [1.82, 2.24) is 0 Å². The Hall–Kier alpha value is -1.38. The van der Waals surface area contributed by atoms with Crippen molar-refractivity contribution in [3.05, 3.63) is 42.0 Å². The highest BCUT2D eigenvalue weighted by Crippen LogP contribution is 2.43. The first-order valence-corrected chi connectivity index (χ1v) is 11.8. The van der Waals surface area contributed by atoms with Gasteiger partial charge in [-0.25, -0.2) is 4.39 Å². The molecule has 1 nitrogen and oxygen atoms in total. The Labute approximate surface area is 175 Å². The van der Waals surface area contributed by atoms with Crippen LogP contribution in [0.5, 0.6) is 5.75 Å². The molecule has 0 unspecified atom stereocenters. The zero-order valence-electron chi connectivity index (χ0n) is 18.1. The molecule has 29 heavy (non-hydrogen) atoms. The minimum Gasteiger partial charge on any atom is -0.491 e. The van der Waals surface area contributed by atoms with Gasteiger partial charge in [-0.3, -0.25) is 0 Å². The van der Waals surface area contributed by atoms with Gasteiger partial charge in [0.2, 0.25) is 5.82 Å². The number of rotatable bonds is 9. The number of allylic oxidation sites excluding steroid dienone is 1. The van der Waals surface area contributed by atoms with E-state index < -0.39 is 11.6 Å². The van der Waals surface area contributed by atoms with Crippen molar-refractivity contribution >= 4 is 0 Å². The van der Waals surface area contributed by atoms with Crippen LogP contribution in [0.4, 0.5) is 8.78 Å². The van der Waals surface area contributed by atoms with Gasteiger partial charge in [0.25, 0.3) is 0 Å². The van der Waals surface area contributed by atoms with Crippen molar-refractivity contribution < 1.29 is 13.5 Å². The number of halogens is 2. The standard InChI is InChI=1S/C26H38F2O/c1-3-5-6-19-7-12-21(13-8-19)22-14-9-20(10-15-22)11-16-23-17-18-24(29-4-2)26(28)25(23)27/h3,17-22H,1,4-16H2,2H3. The number of hydrogen-bond donors (Lipinski definition) is 0. The molecule has 3 rings (SSSR count). The quantitative estimate of drug-likeness (QED) is 0.380. The monoisotopic (exact) mass is 404 g/mol. The van der Waals surface area contributed by atoms with Crippen molar-refractivity contribution in [3.63, 3.8) is 0 Å². The maximum Gasteiger partial charge on any atom is 0.200 e. The molecule has 1 aromatic carbocycles. The second kappa shape index (κ2) is 11.1. The van der Waals surface area contributed by atoms with Crippen LogP contribution in [0.25, 0.3) is 0 Å². The summed E-state index contributed by atoms with van der Waals surface area (Å²) in [7, 11) is 0. The Morgan fingerprint density at radius 2 is 1.48 bits per heavy atom. The van der Waals surface area contributed by atoms with Crippen molar-refractivity contribution in [2.45, 2.75) is 84.0 Å². The third-order valence-corrected chi connectivity index (χ3v) is 7.48. The second-order valence-corrected chi connectivity index (χ2v) is 9.25. The molecule has 0 saturated heterocycles. The lowest BCUT2D eigenvalue weighted by Gasteiger charge is -2.38. The Kier molecular flexibility index (Phi) is 8.56. The van der Waals surface area contributed by atoms with Crippen molar-refractivity contribution in [2.75, 3.05) is 6.61 Å². The fraction of sp³-hybridized carbons (Fsp3) is 0.692. The molecule has 1 aromatic rings. The summed E-state index contributed by atoms with van der Waals surface area (Å²) in [5.74, 6) is 1.86. The third kappa shape index (κ3) is 6.06. The second-order valence-electron chi connectivity index (χ2n) is 9.25. The van der Waals surface area contributed by atoms with Gasteiger partial charge in [-0.1, -0.05) is 37.8 Å². The summed E-state index contributed by atoms with van der Waals surface area (Å²) in [4.78, 5) is 0.